The van der Waals surface area contributed by atoms with Gasteiger partial charge in [-0.1, -0.05) is 17.3 Å². The third-order valence-corrected chi connectivity index (χ3v) is 4.61. The summed E-state index contributed by atoms with van der Waals surface area (Å²) in [6, 6.07) is 12.9. The third-order valence-electron chi connectivity index (χ3n) is 4.61. The normalized spacial score (nSPS) is 13.0. The first kappa shape index (κ1) is 19.6. The Labute approximate surface area is 164 Å². The lowest BCUT2D eigenvalue weighted by atomic mass is 9.90. The quantitative estimate of drug-likeness (QED) is 0.303. The van der Waals surface area contributed by atoms with Crippen LogP contribution in [0.15, 0.2) is 47.6 Å². The summed E-state index contributed by atoms with van der Waals surface area (Å²) < 4.78 is 10.0. The van der Waals surface area contributed by atoms with Crippen molar-refractivity contribution in [1.29, 1.82) is 0 Å². The van der Waals surface area contributed by atoms with Crippen molar-refractivity contribution in [1.82, 2.24) is 0 Å². The Morgan fingerprint density at radius 3 is 2.50 bits per heavy atom. The highest BCUT2D eigenvalue weighted by molar-refractivity contribution is 5.98. The number of nitrogens with zero attached hydrogens (tertiary/aromatic N) is 1. The van der Waals surface area contributed by atoms with Crippen molar-refractivity contribution >= 4 is 18.0 Å². The maximum atomic E-state index is 12.2. The van der Waals surface area contributed by atoms with Crippen LogP contribution in [0.4, 0.5) is 0 Å². The number of Topliss-reactive ketones (excluding diaryl/α,β-unsaturated/α-hetero) is 1. The van der Waals surface area contributed by atoms with Crippen LogP contribution in [0.25, 0.3) is 0 Å². The van der Waals surface area contributed by atoms with Gasteiger partial charge in [0.05, 0.1) is 13.3 Å². The maximum Gasteiger partial charge on any atom is 0.347 e. The second-order valence-electron chi connectivity index (χ2n) is 6.56. The van der Waals surface area contributed by atoms with Crippen LogP contribution in [0.1, 0.15) is 39.9 Å². The summed E-state index contributed by atoms with van der Waals surface area (Å²) in [5.74, 6) is -0.119. The standard InChI is InChI=1S/C22H23NO5/c1-26-20-10-6-16(7-11-20)13-23-28-15-22(25)27-14-21(24)19-9-8-17-4-2-3-5-18(17)12-19/h6-13H,2-5,14-15H2,1H3/b23-13-. The molecule has 0 aliphatic heterocycles. The number of ketones is 1. The van der Waals surface area contributed by atoms with E-state index < -0.39 is 5.97 Å². The largest absolute Gasteiger partial charge is 0.497 e. The van der Waals surface area contributed by atoms with E-state index in [9.17, 15) is 9.59 Å². The first-order chi connectivity index (χ1) is 13.7. The number of hydrogen-bond donors (Lipinski definition) is 0. The molecule has 0 saturated heterocycles. The lowest BCUT2D eigenvalue weighted by molar-refractivity contribution is -0.147. The minimum atomic E-state index is -0.641. The Balaban J connectivity index is 1.41. The molecular weight excluding hydrogens is 358 g/mol. The summed E-state index contributed by atoms with van der Waals surface area (Å²) in [6.07, 6.45) is 5.88. The van der Waals surface area contributed by atoms with Gasteiger partial charge in [0, 0.05) is 5.56 Å². The van der Waals surface area contributed by atoms with E-state index in [-0.39, 0.29) is 19.0 Å². The summed E-state index contributed by atoms with van der Waals surface area (Å²) in [7, 11) is 1.59. The molecule has 0 N–H and O–H groups in total. The van der Waals surface area contributed by atoms with Gasteiger partial charge in [-0.05, 0) is 72.7 Å². The number of esters is 1. The van der Waals surface area contributed by atoms with Crippen LogP contribution in [0.3, 0.4) is 0 Å². The van der Waals surface area contributed by atoms with Crippen LogP contribution in [0.5, 0.6) is 5.75 Å². The van der Waals surface area contributed by atoms with Crippen molar-refractivity contribution < 1.29 is 23.9 Å². The van der Waals surface area contributed by atoms with E-state index in [1.807, 2.05) is 12.1 Å². The first-order valence-corrected chi connectivity index (χ1v) is 9.26. The average Bonchev–Trinajstić information content (AvgIpc) is 2.75. The molecule has 0 radical (unpaired) electrons. The lowest BCUT2D eigenvalue weighted by Gasteiger charge is -2.16. The molecule has 0 bridgehead atoms. The van der Waals surface area contributed by atoms with Crippen LogP contribution >= 0.6 is 0 Å². The Bertz CT molecular complexity index is 858. The molecule has 1 aliphatic carbocycles. The Morgan fingerprint density at radius 2 is 1.75 bits per heavy atom. The molecule has 3 rings (SSSR count). The van der Waals surface area contributed by atoms with Gasteiger partial charge in [0.2, 0.25) is 6.61 Å². The topological polar surface area (TPSA) is 74.2 Å². The van der Waals surface area contributed by atoms with Crippen LogP contribution in [-0.4, -0.2) is 38.3 Å². The molecule has 146 valence electrons. The van der Waals surface area contributed by atoms with Gasteiger partial charge in [-0.25, -0.2) is 4.79 Å². The van der Waals surface area contributed by atoms with E-state index in [1.54, 1.807) is 37.4 Å². The summed E-state index contributed by atoms with van der Waals surface area (Å²) in [5.41, 5.74) is 3.91. The molecule has 0 spiro atoms. The summed E-state index contributed by atoms with van der Waals surface area (Å²) in [5, 5.41) is 3.72. The second kappa shape index (κ2) is 9.69. The van der Waals surface area contributed by atoms with Crippen molar-refractivity contribution in [3.8, 4) is 5.75 Å². The Hall–Kier alpha value is -3.15. The monoisotopic (exact) mass is 381 g/mol. The molecule has 0 amide bonds. The molecule has 0 aromatic heterocycles. The number of hydrogen-bond acceptors (Lipinski definition) is 6. The Kier molecular flexibility index (Phi) is 6.78. The zero-order chi connectivity index (χ0) is 19.8. The van der Waals surface area contributed by atoms with Crippen molar-refractivity contribution in [3.63, 3.8) is 0 Å². The SMILES string of the molecule is COc1ccc(/C=N\OCC(=O)OCC(=O)c2ccc3c(c2)CCCC3)cc1. The van der Waals surface area contributed by atoms with Crippen molar-refractivity contribution in [3.05, 3.63) is 64.7 Å². The molecule has 28 heavy (non-hydrogen) atoms. The van der Waals surface area contributed by atoms with E-state index in [0.717, 1.165) is 30.6 Å². The van der Waals surface area contributed by atoms with Gasteiger partial charge in [-0.2, -0.15) is 0 Å². The van der Waals surface area contributed by atoms with Crippen LogP contribution in [-0.2, 0) is 27.2 Å². The number of carbonyl (C=O) groups is 2. The summed E-state index contributed by atoms with van der Waals surface area (Å²) >= 11 is 0. The molecule has 0 saturated carbocycles. The molecule has 2 aromatic carbocycles. The van der Waals surface area contributed by atoms with Crippen molar-refractivity contribution in [2.75, 3.05) is 20.3 Å². The number of aryl methyl sites for hydroxylation is 2. The van der Waals surface area contributed by atoms with Gasteiger partial charge in [0.15, 0.2) is 12.4 Å². The number of carbonyl (C=O) groups excluding carboxylic acids is 2. The fourth-order valence-corrected chi connectivity index (χ4v) is 3.06. The van der Waals surface area contributed by atoms with E-state index in [2.05, 4.69) is 5.16 Å². The fourth-order valence-electron chi connectivity index (χ4n) is 3.06. The molecule has 6 nitrogen and oxygen atoms in total. The Morgan fingerprint density at radius 1 is 1.00 bits per heavy atom. The fraction of sp³-hybridized carbons (Fsp3) is 0.318. The molecule has 0 unspecified atom stereocenters. The van der Waals surface area contributed by atoms with Crippen LogP contribution in [0.2, 0.25) is 0 Å². The van der Waals surface area contributed by atoms with Crippen LogP contribution in [0, 0.1) is 0 Å². The first-order valence-electron chi connectivity index (χ1n) is 9.26. The zero-order valence-corrected chi connectivity index (χ0v) is 15.8. The average molecular weight is 381 g/mol. The highest BCUT2D eigenvalue weighted by Crippen LogP contribution is 2.22. The summed E-state index contributed by atoms with van der Waals surface area (Å²) in [4.78, 5) is 28.9. The predicted octanol–water partition coefficient (Wildman–Crippen LogP) is 3.35. The van der Waals surface area contributed by atoms with Crippen LogP contribution < -0.4 is 4.74 Å². The number of fused-ring (bicyclic) bond motifs is 1. The number of oxime groups is 1. The minimum Gasteiger partial charge on any atom is -0.497 e. The van der Waals surface area contributed by atoms with Gasteiger partial charge in [-0.3, -0.25) is 4.79 Å². The van der Waals surface area contributed by atoms with Crippen molar-refractivity contribution in [2.45, 2.75) is 25.7 Å². The second-order valence-corrected chi connectivity index (χ2v) is 6.56. The highest BCUT2D eigenvalue weighted by atomic mass is 16.7. The number of rotatable bonds is 8. The zero-order valence-electron chi connectivity index (χ0n) is 15.8. The molecular formula is C22H23NO5. The van der Waals surface area contributed by atoms with Gasteiger partial charge in [0.25, 0.3) is 0 Å². The molecule has 2 aromatic rings. The number of ether oxygens (including phenoxy) is 2. The van der Waals surface area contributed by atoms with E-state index >= 15 is 0 Å². The van der Waals surface area contributed by atoms with Gasteiger partial charge in [0.1, 0.15) is 5.75 Å². The van der Waals surface area contributed by atoms with Gasteiger partial charge < -0.3 is 14.3 Å². The molecule has 0 heterocycles. The highest BCUT2D eigenvalue weighted by Gasteiger charge is 2.14. The molecule has 0 atom stereocenters. The molecule has 6 heteroatoms. The molecule has 0 fully saturated rings. The van der Waals surface area contributed by atoms with E-state index in [1.165, 1.54) is 23.8 Å². The van der Waals surface area contributed by atoms with E-state index in [0.29, 0.717) is 5.56 Å². The third kappa shape index (κ3) is 5.42. The molecule has 1 aliphatic rings. The summed E-state index contributed by atoms with van der Waals surface area (Å²) in [6.45, 7) is -0.659. The van der Waals surface area contributed by atoms with Crippen molar-refractivity contribution in [2.24, 2.45) is 5.16 Å². The smallest absolute Gasteiger partial charge is 0.347 e. The van der Waals surface area contributed by atoms with Gasteiger partial charge >= 0.3 is 5.97 Å². The van der Waals surface area contributed by atoms with Gasteiger partial charge in [-0.15, -0.1) is 0 Å². The number of methoxy groups -OCH3 is 1. The maximum absolute atomic E-state index is 12.2. The predicted molar refractivity (Wildman–Crippen MR) is 105 cm³/mol. The lowest BCUT2D eigenvalue weighted by Crippen LogP contribution is -2.17. The minimum absolute atomic E-state index is 0.219. The van der Waals surface area contributed by atoms with E-state index in [4.69, 9.17) is 14.3 Å². The number of benzene rings is 2.